The zero-order chi connectivity index (χ0) is 75.9. The van der Waals surface area contributed by atoms with Gasteiger partial charge in [0.05, 0.1) is 74.1 Å². The summed E-state index contributed by atoms with van der Waals surface area (Å²) in [5.74, 6) is -4.87. The largest absolute Gasteiger partial charge is 0.487 e. The summed E-state index contributed by atoms with van der Waals surface area (Å²) >= 11 is 0. The highest BCUT2D eigenvalue weighted by molar-refractivity contribution is 6.03. The molecule has 20 nitrogen and oxygen atoms in total. The Balaban J connectivity index is 0.000000127. The zero-order valence-corrected chi connectivity index (χ0v) is 58.1. The maximum atomic E-state index is 13.9. The van der Waals surface area contributed by atoms with Crippen LogP contribution >= 0.6 is 0 Å². The van der Waals surface area contributed by atoms with E-state index in [0.29, 0.717) is 124 Å². The number of hydrogen-bond donors (Lipinski definition) is 4. The van der Waals surface area contributed by atoms with E-state index in [1.807, 2.05) is 24.3 Å². The summed E-state index contributed by atoms with van der Waals surface area (Å²) in [7, 11) is 0. The van der Waals surface area contributed by atoms with Gasteiger partial charge in [0.15, 0.2) is 0 Å². The second-order valence-electron chi connectivity index (χ2n) is 27.1. The van der Waals surface area contributed by atoms with E-state index in [2.05, 4.69) is 0 Å². The fourth-order valence-corrected chi connectivity index (χ4v) is 13.8. The van der Waals surface area contributed by atoms with Gasteiger partial charge >= 0.3 is 0 Å². The second kappa shape index (κ2) is 34.0. The smallest absolute Gasteiger partial charge is 0.258 e. The molecule has 568 valence electrons. The van der Waals surface area contributed by atoms with Crippen LogP contribution in [0, 0.1) is 46.5 Å². The summed E-state index contributed by atoms with van der Waals surface area (Å²) in [6.07, 6.45) is -2.77. The van der Waals surface area contributed by atoms with Crippen LogP contribution < -0.4 is 18.9 Å². The highest BCUT2D eigenvalue weighted by Gasteiger charge is 2.39. The molecule has 0 aromatic heterocycles. The molecule has 8 aliphatic heterocycles. The first-order chi connectivity index (χ1) is 52.1. The molecule has 0 radical (unpaired) electrons. The number of aliphatic hydroxyl groups is 4. The summed E-state index contributed by atoms with van der Waals surface area (Å²) in [4.78, 5) is 57.5. The molecular weight excluding hydrogens is 1420 g/mol. The summed E-state index contributed by atoms with van der Waals surface area (Å²) in [5.41, 5.74) is 5.78. The highest BCUT2D eigenvalue weighted by atomic mass is 19.2. The number of carbonyl (C=O) groups is 4. The third-order valence-electron chi connectivity index (χ3n) is 19.6. The molecule has 4 amide bonds. The number of rotatable bonds is 16. The van der Waals surface area contributed by atoms with Gasteiger partial charge < -0.3 is 77.9 Å². The molecule has 0 unspecified atom stereocenters. The first kappa shape index (κ1) is 76.2. The summed E-state index contributed by atoms with van der Waals surface area (Å²) in [6, 6.07) is 34.4. The van der Waals surface area contributed by atoms with E-state index < -0.39 is 95.4 Å². The van der Waals surface area contributed by atoms with Gasteiger partial charge in [-0.1, -0.05) is 72.8 Å². The van der Waals surface area contributed by atoms with Crippen LogP contribution in [0.4, 0.5) is 35.1 Å². The Morgan fingerprint density at radius 1 is 0.315 bits per heavy atom. The Kier molecular flexibility index (Phi) is 24.0. The van der Waals surface area contributed by atoms with E-state index in [-0.39, 0.29) is 98.5 Å². The van der Waals surface area contributed by atoms with Gasteiger partial charge in [-0.2, -0.15) is 0 Å². The molecule has 8 aromatic carbocycles. The van der Waals surface area contributed by atoms with Crippen LogP contribution in [0.15, 0.2) is 146 Å². The average molecular weight is 1500 g/mol. The van der Waals surface area contributed by atoms with Crippen molar-refractivity contribution in [2.75, 3.05) is 52.9 Å². The lowest BCUT2D eigenvalue weighted by molar-refractivity contribution is -0.0752. The molecule has 4 saturated heterocycles. The molecule has 4 N–H and O–H groups in total. The molecule has 108 heavy (non-hydrogen) atoms. The standard InChI is InChI=1S/4C20H19F2NO4/c2*21-14-5-4-12(15(22)8-14)9-23-10-13-2-1-3-18(19(13)20(23)25)27-17-6-7-26-11-16(17)24;2*21-14-5-4-12(15(22)8-14)9-23-10-13-2-1-3-17(19(13)20(23)25)27-18-11-26-7-6-16(18)24/h2*1-5,8,16-17,24H,6-7,9-11H2;2*1-5,8,16,18,24H,6-7,9-11H2/t2*16-,17-;2*16-,18-/m1010/s1. The van der Waals surface area contributed by atoms with Gasteiger partial charge in [-0.25, -0.2) is 35.1 Å². The van der Waals surface area contributed by atoms with Gasteiger partial charge in [0.2, 0.25) is 0 Å². The normalized spacial score (nSPS) is 22.0. The molecule has 28 heteroatoms. The number of ether oxygens (including phenoxy) is 8. The van der Waals surface area contributed by atoms with Crippen LogP contribution in [0.2, 0.25) is 0 Å². The summed E-state index contributed by atoms with van der Waals surface area (Å²) in [5, 5.41) is 40.2. The van der Waals surface area contributed by atoms with E-state index in [4.69, 9.17) is 37.9 Å². The van der Waals surface area contributed by atoms with Crippen molar-refractivity contribution in [2.45, 2.75) is 127 Å². The lowest BCUT2D eigenvalue weighted by atomic mass is 10.1. The van der Waals surface area contributed by atoms with Crippen molar-refractivity contribution in [1.29, 1.82) is 0 Å². The van der Waals surface area contributed by atoms with Crippen LogP contribution in [0.1, 0.15) is 112 Å². The lowest BCUT2D eigenvalue weighted by Crippen LogP contribution is -2.41. The van der Waals surface area contributed by atoms with Gasteiger partial charge in [0.25, 0.3) is 23.6 Å². The van der Waals surface area contributed by atoms with E-state index in [1.54, 1.807) is 48.5 Å². The molecule has 0 aliphatic carbocycles. The van der Waals surface area contributed by atoms with Crippen molar-refractivity contribution < 1.29 is 113 Å². The topological polar surface area (TPSA) is 236 Å². The van der Waals surface area contributed by atoms with Crippen molar-refractivity contribution in [2.24, 2.45) is 0 Å². The van der Waals surface area contributed by atoms with Crippen molar-refractivity contribution in [3.8, 4) is 23.0 Å². The zero-order valence-electron chi connectivity index (χ0n) is 58.1. The number of aliphatic hydroxyl groups excluding tert-OH is 4. The Bertz CT molecular complexity index is 4060. The van der Waals surface area contributed by atoms with Gasteiger partial charge in [0.1, 0.15) is 106 Å². The maximum Gasteiger partial charge on any atom is 0.258 e. The third-order valence-corrected chi connectivity index (χ3v) is 19.6. The summed E-state index contributed by atoms with van der Waals surface area (Å²) in [6.45, 7) is 4.24. The van der Waals surface area contributed by atoms with Gasteiger partial charge in [-0.15, -0.1) is 0 Å². The molecule has 8 atom stereocenters. The second-order valence-corrected chi connectivity index (χ2v) is 27.1. The van der Waals surface area contributed by atoms with Gasteiger partial charge in [-0.3, -0.25) is 19.2 Å². The molecule has 0 saturated carbocycles. The number of fused-ring (bicyclic) bond motifs is 4. The molecule has 0 spiro atoms. The lowest BCUT2D eigenvalue weighted by Gasteiger charge is -2.28. The Labute approximate surface area is 615 Å². The number of carbonyl (C=O) groups excluding carboxylic acids is 4. The van der Waals surface area contributed by atoms with Crippen LogP contribution in [0.3, 0.4) is 0 Å². The van der Waals surface area contributed by atoms with Crippen molar-refractivity contribution in [3.05, 3.63) is 259 Å². The number of hydrogen-bond acceptors (Lipinski definition) is 16. The SMILES string of the molecule is O=C1c2c(cccc2O[C@@H]2CCOC[C@H]2O)CN1Cc1ccc(F)cc1F.O=C1c2c(cccc2O[C@@H]2COCC[C@H]2O)CN1Cc1ccc(F)cc1F.O=C1c2c(cccc2O[C@H]2CCOC[C@@H]2O)CN1Cc1ccc(F)cc1F.O=C1c2c(cccc2O[C@H]2COCC[C@@H]2O)CN1Cc1ccc(F)cc1F. The Hall–Kier alpha value is -10.0. The monoisotopic (exact) mass is 1500 g/mol. The van der Waals surface area contributed by atoms with Crippen LogP contribution in [-0.2, 0) is 71.3 Å². The first-order valence-electron chi connectivity index (χ1n) is 35.2. The molecule has 16 rings (SSSR count). The van der Waals surface area contributed by atoms with Crippen LogP contribution in [0.5, 0.6) is 23.0 Å². The predicted molar refractivity (Wildman–Crippen MR) is 369 cm³/mol. The van der Waals surface area contributed by atoms with Crippen molar-refractivity contribution in [1.82, 2.24) is 19.6 Å². The average Bonchev–Trinajstić information content (AvgIpc) is 1.64. The molecule has 8 aliphatic rings. The first-order valence-corrected chi connectivity index (χ1v) is 35.2. The van der Waals surface area contributed by atoms with E-state index in [1.165, 1.54) is 68.1 Å². The fourth-order valence-electron chi connectivity index (χ4n) is 13.8. The molecular formula is C80H76F8N4O16. The predicted octanol–water partition coefficient (Wildman–Crippen LogP) is 10.6. The number of benzene rings is 8. The number of halogens is 8. The van der Waals surface area contributed by atoms with E-state index in [0.717, 1.165) is 46.5 Å². The number of nitrogens with zero attached hydrogens (tertiary/aromatic N) is 4. The van der Waals surface area contributed by atoms with Crippen LogP contribution in [-0.4, -0.2) is 165 Å². The number of amides is 4. The highest BCUT2D eigenvalue weighted by Crippen LogP contribution is 2.39. The van der Waals surface area contributed by atoms with Gasteiger partial charge in [0, 0.05) is 138 Å². The van der Waals surface area contributed by atoms with Crippen molar-refractivity contribution in [3.63, 3.8) is 0 Å². The quantitative estimate of drug-likeness (QED) is 0.0658. The van der Waals surface area contributed by atoms with Gasteiger partial charge in [-0.05, 0) is 70.8 Å². The minimum Gasteiger partial charge on any atom is -0.487 e. The third kappa shape index (κ3) is 17.6. The summed E-state index contributed by atoms with van der Waals surface area (Å²) < 4.78 is 153. The van der Waals surface area contributed by atoms with E-state index in [9.17, 15) is 74.7 Å². The molecule has 8 aromatic rings. The maximum absolute atomic E-state index is 13.9. The Morgan fingerprint density at radius 3 is 0.815 bits per heavy atom. The van der Waals surface area contributed by atoms with Crippen LogP contribution in [0.25, 0.3) is 0 Å². The minimum atomic E-state index is -0.754. The van der Waals surface area contributed by atoms with E-state index >= 15 is 0 Å². The molecule has 4 fully saturated rings. The molecule has 8 heterocycles. The molecule has 0 bridgehead atoms. The fraction of sp³-hybridized carbons (Fsp3) is 0.350. The van der Waals surface area contributed by atoms with Crippen molar-refractivity contribution >= 4 is 23.6 Å². The minimum absolute atomic E-state index is 0.0359. The Morgan fingerprint density at radius 2 is 0.565 bits per heavy atom.